The molecule has 1 aliphatic heterocycles. The third kappa shape index (κ3) is 3.15. The Morgan fingerprint density at radius 3 is 2.90 bits per heavy atom. The van der Waals surface area contributed by atoms with Gasteiger partial charge in [-0.25, -0.2) is 14.4 Å². The van der Waals surface area contributed by atoms with Crippen molar-refractivity contribution in [2.45, 2.75) is 18.9 Å². The van der Waals surface area contributed by atoms with Gasteiger partial charge in [-0.1, -0.05) is 0 Å². The van der Waals surface area contributed by atoms with Gasteiger partial charge in [-0.2, -0.15) is 5.10 Å². The van der Waals surface area contributed by atoms with Crippen LogP contribution in [0.15, 0.2) is 24.8 Å². The summed E-state index contributed by atoms with van der Waals surface area (Å²) in [6.45, 7) is 1.12. The predicted octanol–water partition coefficient (Wildman–Crippen LogP) is 1.02. The zero-order valence-electron chi connectivity index (χ0n) is 11.2. The number of rotatable bonds is 3. The summed E-state index contributed by atoms with van der Waals surface area (Å²) in [5.74, 6) is -0.597. The molecule has 1 unspecified atom stereocenters. The van der Waals surface area contributed by atoms with E-state index in [0.717, 1.165) is 25.2 Å². The number of hydrogen-bond acceptors (Lipinski definition) is 5. The predicted molar refractivity (Wildman–Crippen MR) is 70.1 cm³/mol. The summed E-state index contributed by atoms with van der Waals surface area (Å²) in [5.41, 5.74) is 0.522. The van der Waals surface area contributed by atoms with E-state index in [1.807, 2.05) is 0 Å². The molecule has 21 heavy (non-hydrogen) atoms. The first-order chi connectivity index (χ1) is 10.2. The van der Waals surface area contributed by atoms with Gasteiger partial charge in [-0.15, -0.1) is 0 Å². The first kappa shape index (κ1) is 13.5. The molecule has 1 amide bonds. The van der Waals surface area contributed by atoms with E-state index in [1.165, 1.54) is 6.20 Å². The van der Waals surface area contributed by atoms with Crippen LogP contribution < -0.4 is 4.74 Å². The van der Waals surface area contributed by atoms with Gasteiger partial charge in [0.25, 0.3) is 5.91 Å². The fourth-order valence-electron chi connectivity index (χ4n) is 2.28. The summed E-state index contributed by atoms with van der Waals surface area (Å²) in [6, 6.07) is 0.124. The smallest absolute Gasteiger partial charge is 0.316 e. The normalized spacial score (nSPS) is 18.5. The van der Waals surface area contributed by atoms with Gasteiger partial charge in [0.2, 0.25) is 0 Å². The zero-order chi connectivity index (χ0) is 14.7. The molecule has 0 saturated carbocycles. The number of piperidine rings is 1. The second-order valence-corrected chi connectivity index (χ2v) is 4.80. The summed E-state index contributed by atoms with van der Waals surface area (Å²) in [5, 5.41) is 6.40. The van der Waals surface area contributed by atoms with E-state index >= 15 is 0 Å². The van der Waals surface area contributed by atoms with Crippen LogP contribution in [0.5, 0.6) is 6.01 Å². The topological polar surface area (TPSA) is 84.0 Å². The minimum atomic E-state index is -0.511. The van der Waals surface area contributed by atoms with Gasteiger partial charge in [0, 0.05) is 12.7 Å². The summed E-state index contributed by atoms with van der Waals surface area (Å²) in [6.07, 6.45) is 6.61. The van der Waals surface area contributed by atoms with Gasteiger partial charge in [0.15, 0.2) is 5.82 Å². The lowest BCUT2D eigenvalue weighted by atomic mass is 10.1. The van der Waals surface area contributed by atoms with Crippen LogP contribution in [0.4, 0.5) is 4.39 Å². The maximum absolute atomic E-state index is 12.7. The molecule has 0 bridgehead atoms. The highest BCUT2D eigenvalue weighted by molar-refractivity contribution is 5.93. The highest BCUT2D eigenvalue weighted by atomic mass is 19.1. The fourth-order valence-corrected chi connectivity index (χ4v) is 2.28. The number of carbonyl (C=O) groups is 1. The van der Waals surface area contributed by atoms with E-state index in [9.17, 15) is 9.18 Å². The largest absolute Gasteiger partial charge is 0.458 e. The quantitative estimate of drug-likeness (QED) is 0.912. The minimum absolute atomic E-state index is 0.0860. The summed E-state index contributed by atoms with van der Waals surface area (Å²) in [4.78, 5) is 21.5. The van der Waals surface area contributed by atoms with Crippen molar-refractivity contribution in [3.63, 3.8) is 0 Å². The van der Waals surface area contributed by atoms with E-state index in [4.69, 9.17) is 4.74 Å². The Morgan fingerprint density at radius 1 is 1.38 bits per heavy atom. The molecule has 3 heterocycles. The van der Waals surface area contributed by atoms with Crippen LogP contribution in [0, 0.1) is 5.82 Å². The number of aromatic nitrogens is 4. The van der Waals surface area contributed by atoms with Crippen LogP contribution in [0.3, 0.4) is 0 Å². The van der Waals surface area contributed by atoms with Crippen molar-refractivity contribution in [3.8, 4) is 6.01 Å². The first-order valence-corrected chi connectivity index (χ1v) is 6.64. The molecule has 8 heteroatoms. The average molecular weight is 291 g/mol. The van der Waals surface area contributed by atoms with Gasteiger partial charge in [0.05, 0.1) is 30.7 Å². The maximum atomic E-state index is 12.7. The number of H-pyrrole nitrogens is 1. The van der Waals surface area contributed by atoms with E-state index < -0.39 is 5.82 Å². The number of carbonyl (C=O) groups excluding carboxylic acids is 1. The fraction of sp³-hybridized carbons (Fsp3) is 0.385. The molecular weight excluding hydrogens is 277 g/mol. The molecule has 110 valence electrons. The number of aromatic amines is 1. The molecule has 0 aliphatic carbocycles. The number of ether oxygens (including phenoxy) is 1. The van der Waals surface area contributed by atoms with Crippen molar-refractivity contribution in [1.29, 1.82) is 0 Å². The second kappa shape index (κ2) is 5.86. The molecule has 1 fully saturated rings. The molecular formula is C13H14FN5O2. The first-order valence-electron chi connectivity index (χ1n) is 6.64. The molecule has 3 rings (SSSR count). The number of likely N-dealkylation sites (tertiary alicyclic amines) is 1. The Bertz CT molecular complexity index is 602. The zero-order valence-corrected chi connectivity index (χ0v) is 11.2. The Balaban J connectivity index is 1.63. The molecule has 2 aromatic rings. The van der Waals surface area contributed by atoms with Gasteiger partial charge in [-0.3, -0.25) is 9.89 Å². The van der Waals surface area contributed by atoms with Crippen molar-refractivity contribution in [3.05, 3.63) is 36.2 Å². The van der Waals surface area contributed by atoms with E-state index in [2.05, 4.69) is 20.2 Å². The molecule has 1 saturated heterocycles. The molecule has 1 atom stereocenters. The Kier molecular flexibility index (Phi) is 3.76. The molecule has 0 spiro atoms. The van der Waals surface area contributed by atoms with Gasteiger partial charge >= 0.3 is 6.01 Å². The van der Waals surface area contributed by atoms with E-state index in [0.29, 0.717) is 18.7 Å². The summed E-state index contributed by atoms with van der Waals surface area (Å²) >= 11 is 0. The van der Waals surface area contributed by atoms with Crippen molar-refractivity contribution in [2.75, 3.05) is 13.1 Å². The second-order valence-electron chi connectivity index (χ2n) is 4.80. The molecule has 0 radical (unpaired) electrons. The molecule has 0 aromatic carbocycles. The molecule has 7 nitrogen and oxygen atoms in total. The van der Waals surface area contributed by atoms with E-state index in [1.54, 1.807) is 11.1 Å². The van der Waals surface area contributed by atoms with Crippen molar-refractivity contribution in [2.24, 2.45) is 0 Å². The summed E-state index contributed by atoms with van der Waals surface area (Å²) in [7, 11) is 0. The highest BCUT2D eigenvalue weighted by Gasteiger charge is 2.26. The SMILES string of the molecule is O=C(c1cn[nH]c1)N1CCCC(Oc2ncc(F)cn2)C1. The van der Waals surface area contributed by atoms with Crippen LogP contribution in [0.2, 0.25) is 0 Å². The highest BCUT2D eigenvalue weighted by Crippen LogP contribution is 2.17. The van der Waals surface area contributed by atoms with Crippen molar-refractivity contribution in [1.82, 2.24) is 25.1 Å². The number of halogens is 1. The molecule has 2 aromatic heterocycles. The van der Waals surface area contributed by atoms with Crippen LogP contribution >= 0.6 is 0 Å². The van der Waals surface area contributed by atoms with Crippen LogP contribution in [0.1, 0.15) is 23.2 Å². The summed E-state index contributed by atoms with van der Waals surface area (Å²) < 4.78 is 18.3. The van der Waals surface area contributed by atoms with Gasteiger partial charge in [0.1, 0.15) is 6.10 Å². The molecule has 1 aliphatic rings. The third-order valence-electron chi connectivity index (χ3n) is 3.28. The Labute approximate surface area is 120 Å². The average Bonchev–Trinajstić information content (AvgIpc) is 3.03. The minimum Gasteiger partial charge on any atom is -0.458 e. The Hall–Kier alpha value is -2.51. The van der Waals surface area contributed by atoms with Gasteiger partial charge in [-0.05, 0) is 12.8 Å². The maximum Gasteiger partial charge on any atom is 0.316 e. The number of nitrogens with zero attached hydrogens (tertiary/aromatic N) is 4. The monoisotopic (exact) mass is 291 g/mol. The number of nitrogens with one attached hydrogen (secondary N) is 1. The van der Waals surface area contributed by atoms with Crippen LogP contribution in [0.25, 0.3) is 0 Å². The van der Waals surface area contributed by atoms with Crippen LogP contribution in [-0.4, -0.2) is 50.2 Å². The van der Waals surface area contributed by atoms with Crippen molar-refractivity contribution < 1.29 is 13.9 Å². The third-order valence-corrected chi connectivity index (χ3v) is 3.28. The number of hydrogen-bond donors (Lipinski definition) is 1. The van der Waals surface area contributed by atoms with Crippen LogP contribution in [-0.2, 0) is 0 Å². The van der Waals surface area contributed by atoms with Gasteiger partial charge < -0.3 is 9.64 Å². The lowest BCUT2D eigenvalue weighted by molar-refractivity contribution is 0.0515. The lowest BCUT2D eigenvalue weighted by Crippen LogP contribution is -2.44. The number of amides is 1. The van der Waals surface area contributed by atoms with Crippen molar-refractivity contribution >= 4 is 5.91 Å². The Morgan fingerprint density at radius 2 is 2.19 bits per heavy atom. The van der Waals surface area contributed by atoms with E-state index in [-0.39, 0.29) is 18.0 Å². The standard InChI is InChI=1S/C13H14FN5O2/c14-10-6-15-13(16-7-10)21-11-2-1-3-19(8-11)12(20)9-4-17-18-5-9/h4-7,11H,1-3,8H2,(H,17,18). The molecule has 1 N–H and O–H groups in total. The lowest BCUT2D eigenvalue weighted by Gasteiger charge is -2.32.